The molecule has 2 aromatic carbocycles. The lowest BCUT2D eigenvalue weighted by Gasteiger charge is -2.32. The fraction of sp³-hybridized carbons (Fsp3) is 0.458. The second-order valence-electron chi connectivity index (χ2n) is 9.02. The summed E-state index contributed by atoms with van der Waals surface area (Å²) in [5.74, 6) is 0.312. The molecule has 1 aliphatic rings. The molecule has 0 spiro atoms. The number of alkyl halides is 3. The highest BCUT2D eigenvalue weighted by atomic mass is 32.2. The predicted octanol–water partition coefficient (Wildman–Crippen LogP) is 4.10. The highest BCUT2D eigenvalue weighted by Gasteiger charge is 2.29. The van der Waals surface area contributed by atoms with Gasteiger partial charge in [-0.3, -0.25) is 4.90 Å². The first-order chi connectivity index (χ1) is 17.4. The number of piperidine rings is 1. The topological polar surface area (TPSA) is 97.1 Å². The predicted molar refractivity (Wildman–Crippen MR) is 131 cm³/mol. The minimum Gasteiger partial charge on any atom is -0.493 e. The molecule has 1 aliphatic heterocycles. The number of hydrogen-bond acceptors (Lipinski definition) is 8. The van der Waals surface area contributed by atoms with Gasteiger partial charge in [-0.1, -0.05) is 6.07 Å². The van der Waals surface area contributed by atoms with Gasteiger partial charge >= 0.3 is 6.18 Å². The van der Waals surface area contributed by atoms with Crippen LogP contribution in [0.25, 0.3) is 11.1 Å². The normalized spacial score (nSPS) is 15.9. The van der Waals surface area contributed by atoms with Crippen LogP contribution in [0.15, 0.2) is 45.7 Å². The number of fused-ring (bicyclic) bond motifs is 1. The van der Waals surface area contributed by atoms with Crippen molar-refractivity contribution < 1.29 is 35.5 Å². The quantitative estimate of drug-likeness (QED) is 0.432. The Morgan fingerprint density at radius 2 is 1.86 bits per heavy atom. The van der Waals surface area contributed by atoms with Crippen LogP contribution >= 0.6 is 0 Å². The summed E-state index contributed by atoms with van der Waals surface area (Å²) in [7, 11) is 0.748. The van der Waals surface area contributed by atoms with E-state index in [-0.39, 0.29) is 22.4 Å². The minimum absolute atomic E-state index is 0.0615. The fourth-order valence-electron chi connectivity index (χ4n) is 4.10. The van der Waals surface area contributed by atoms with Crippen LogP contribution in [0.3, 0.4) is 0 Å². The molecule has 0 atom stereocenters. The van der Waals surface area contributed by atoms with Gasteiger partial charge < -0.3 is 19.2 Å². The molecule has 0 radical (unpaired) electrons. The summed E-state index contributed by atoms with van der Waals surface area (Å²) >= 11 is 0. The zero-order chi connectivity index (χ0) is 26.8. The van der Waals surface area contributed by atoms with E-state index < -0.39 is 22.8 Å². The van der Waals surface area contributed by atoms with Crippen LogP contribution in [0.2, 0.25) is 0 Å². The molecule has 1 saturated heterocycles. The number of likely N-dealkylation sites (tertiary alicyclic amines) is 1. The number of oxazole rings is 1. The Hall–Kier alpha value is -3.03. The number of ether oxygens (including phenoxy) is 2. The SMILES string of the molecule is COc1ccc(CN2CCC(Nc3nc4cc(S(=O)(=O)N(C)C)ccc4o3)CC2)cc1OCC(F)(F)F. The summed E-state index contributed by atoms with van der Waals surface area (Å²) in [6.07, 6.45) is -2.84. The lowest BCUT2D eigenvalue weighted by Crippen LogP contribution is -2.38. The van der Waals surface area contributed by atoms with E-state index in [0.717, 1.165) is 35.8 Å². The molecule has 3 aromatic rings. The van der Waals surface area contributed by atoms with Gasteiger partial charge in [-0.2, -0.15) is 18.2 Å². The number of anilines is 1. The summed E-state index contributed by atoms with van der Waals surface area (Å²) in [5.41, 5.74) is 1.76. The Morgan fingerprint density at radius 1 is 1.14 bits per heavy atom. The Labute approximate surface area is 213 Å². The zero-order valence-electron chi connectivity index (χ0n) is 20.7. The van der Waals surface area contributed by atoms with Crippen molar-refractivity contribution in [3.8, 4) is 11.5 Å². The zero-order valence-corrected chi connectivity index (χ0v) is 21.5. The highest BCUT2D eigenvalue weighted by Crippen LogP contribution is 2.31. The molecule has 0 aliphatic carbocycles. The van der Waals surface area contributed by atoms with Crippen LogP contribution in [0.5, 0.6) is 11.5 Å². The second kappa shape index (κ2) is 10.8. The van der Waals surface area contributed by atoms with Crippen LogP contribution in [0.4, 0.5) is 19.2 Å². The van der Waals surface area contributed by atoms with Gasteiger partial charge in [-0.15, -0.1) is 0 Å². The first-order valence-electron chi connectivity index (χ1n) is 11.6. The standard InChI is InChI=1S/C24H29F3N4O5S/c1-30(2)37(32,33)18-5-7-20-19(13-18)29-23(36-20)28-17-8-10-31(11-9-17)14-16-4-6-21(34-3)22(12-16)35-15-24(25,26)27/h4-7,12-13,17H,8-11,14-15H2,1-3H3,(H,28,29). The molecule has 1 fully saturated rings. The van der Waals surface area contributed by atoms with Crippen molar-refractivity contribution in [2.45, 2.75) is 36.5 Å². The van der Waals surface area contributed by atoms with Crippen molar-refractivity contribution >= 4 is 27.1 Å². The molecule has 1 N–H and O–H groups in total. The Balaban J connectivity index is 1.34. The molecule has 2 heterocycles. The molecular weight excluding hydrogens is 513 g/mol. The van der Waals surface area contributed by atoms with Gasteiger partial charge in [0, 0.05) is 39.8 Å². The van der Waals surface area contributed by atoms with Crippen LogP contribution in [0.1, 0.15) is 18.4 Å². The number of sulfonamides is 1. The molecule has 202 valence electrons. The van der Waals surface area contributed by atoms with Gasteiger partial charge in [-0.25, -0.2) is 12.7 Å². The number of aromatic nitrogens is 1. The molecule has 13 heteroatoms. The van der Waals surface area contributed by atoms with E-state index in [9.17, 15) is 21.6 Å². The maximum Gasteiger partial charge on any atom is 0.422 e. The van der Waals surface area contributed by atoms with E-state index in [2.05, 4.69) is 15.2 Å². The van der Waals surface area contributed by atoms with Gasteiger partial charge in [0.15, 0.2) is 23.7 Å². The highest BCUT2D eigenvalue weighted by molar-refractivity contribution is 7.89. The Morgan fingerprint density at radius 3 is 2.51 bits per heavy atom. The number of hydrogen-bond donors (Lipinski definition) is 1. The van der Waals surface area contributed by atoms with Crippen molar-refractivity contribution in [2.75, 3.05) is 46.2 Å². The average molecular weight is 543 g/mol. The largest absolute Gasteiger partial charge is 0.493 e. The van der Waals surface area contributed by atoms with Crippen molar-refractivity contribution in [1.29, 1.82) is 0 Å². The summed E-state index contributed by atoms with van der Waals surface area (Å²) in [4.78, 5) is 6.76. The molecule has 4 rings (SSSR count). The first kappa shape index (κ1) is 27.0. The molecule has 1 aromatic heterocycles. The van der Waals surface area contributed by atoms with Crippen LogP contribution in [0, 0.1) is 0 Å². The molecular formula is C24H29F3N4O5S. The molecule has 0 bridgehead atoms. The first-order valence-corrected chi connectivity index (χ1v) is 13.1. The Bertz CT molecular complexity index is 1340. The van der Waals surface area contributed by atoms with E-state index in [4.69, 9.17) is 13.9 Å². The van der Waals surface area contributed by atoms with Gasteiger partial charge in [-0.05, 0) is 48.7 Å². The third kappa shape index (κ3) is 6.65. The summed E-state index contributed by atoms with van der Waals surface area (Å²) in [6, 6.07) is 10.0. The maximum atomic E-state index is 12.6. The average Bonchev–Trinajstić information content (AvgIpc) is 3.25. The van der Waals surface area contributed by atoms with Crippen molar-refractivity contribution in [3.05, 3.63) is 42.0 Å². The van der Waals surface area contributed by atoms with Gasteiger partial charge in [0.05, 0.1) is 12.0 Å². The molecule has 0 unspecified atom stereocenters. The van der Waals surface area contributed by atoms with Crippen LogP contribution in [-0.2, 0) is 16.6 Å². The second-order valence-corrected chi connectivity index (χ2v) is 11.2. The fourth-order valence-corrected chi connectivity index (χ4v) is 5.02. The summed E-state index contributed by atoms with van der Waals surface area (Å²) < 4.78 is 79.4. The van der Waals surface area contributed by atoms with Crippen molar-refractivity contribution in [3.63, 3.8) is 0 Å². The third-order valence-corrected chi connectivity index (χ3v) is 7.89. The molecule has 9 nitrogen and oxygen atoms in total. The monoisotopic (exact) mass is 542 g/mol. The number of nitrogens with one attached hydrogen (secondary N) is 1. The number of rotatable bonds is 9. The van der Waals surface area contributed by atoms with Gasteiger partial charge in [0.2, 0.25) is 10.0 Å². The van der Waals surface area contributed by atoms with E-state index in [1.165, 1.54) is 33.3 Å². The molecule has 0 amide bonds. The molecule has 0 saturated carbocycles. The van der Waals surface area contributed by atoms with Crippen molar-refractivity contribution in [1.82, 2.24) is 14.2 Å². The van der Waals surface area contributed by atoms with E-state index in [0.29, 0.717) is 23.7 Å². The number of benzene rings is 2. The van der Waals surface area contributed by atoms with E-state index in [1.807, 2.05) is 6.07 Å². The minimum atomic E-state index is -4.43. The van der Waals surface area contributed by atoms with Crippen LogP contribution in [-0.4, -0.2) is 75.7 Å². The maximum absolute atomic E-state index is 12.6. The number of nitrogens with zero attached hydrogens (tertiary/aromatic N) is 3. The van der Waals surface area contributed by atoms with Crippen LogP contribution < -0.4 is 14.8 Å². The van der Waals surface area contributed by atoms with E-state index in [1.54, 1.807) is 18.2 Å². The summed E-state index contributed by atoms with van der Waals surface area (Å²) in [6.45, 7) is 0.694. The number of methoxy groups -OCH3 is 1. The van der Waals surface area contributed by atoms with E-state index >= 15 is 0 Å². The number of halogens is 3. The smallest absolute Gasteiger partial charge is 0.422 e. The Kier molecular flexibility index (Phi) is 7.85. The van der Waals surface area contributed by atoms with Gasteiger partial charge in [0.1, 0.15) is 5.52 Å². The lowest BCUT2D eigenvalue weighted by molar-refractivity contribution is -0.153. The molecule has 37 heavy (non-hydrogen) atoms. The summed E-state index contributed by atoms with van der Waals surface area (Å²) in [5, 5.41) is 3.28. The third-order valence-electron chi connectivity index (χ3n) is 6.08. The lowest BCUT2D eigenvalue weighted by atomic mass is 10.0. The van der Waals surface area contributed by atoms with Crippen molar-refractivity contribution in [2.24, 2.45) is 0 Å². The van der Waals surface area contributed by atoms with Gasteiger partial charge in [0.25, 0.3) is 6.01 Å².